The topological polar surface area (TPSA) is 42.2 Å². The van der Waals surface area contributed by atoms with Gasteiger partial charge in [0.05, 0.1) is 25.2 Å². The van der Waals surface area contributed by atoms with Gasteiger partial charge in [-0.3, -0.25) is 0 Å². The van der Waals surface area contributed by atoms with Crippen molar-refractivity contribution in [2.75, 3.05) is 13.2 Å². The smallest absolute Gasteiger partial charge is 0.119 e. The van der Waals surface area contributed by atoms with Crippen LogP contribution in [0.5, 0.6) is 5.75 Å². The Morgan fingerprint density at radius 2 is 1.86 bits per heavy atom. The average molecular weight is 289 g/mol. The van der Waals surface area contributed by atoms with Gasteiger partial charge in [0.15, 0.2) is 0 Å². The van der Waals surface area contributed by atoms with E-state index < -0.39 is 0 Å². The van der Waals surface area contributed by atoms with Crippen LogP contribution in [0.1, 0.15) is 51.5 Å². The summed E-state index contributed by atoms with van der Waals surface area (Å²) in [4.78, 5) is 0. The van der Waals surface area contributed by atoms with Gasteiger partial charge in [-0.1, -0.05) is 44.7 Å². The van der Waals surface area contributed by atoms with Crippen molar-refractivity contribution in [1.82, 2.24) is 0 Å². The molecule has 0 saturated carbocycles. The quantitative estimate of drug-likeness (QED) is 0.563. The molecule has 0 aromatic heterocycles. The molecule has 21 heavy (non-hydrogen) atoms. The highest BCUT2D eigenvalue weighted by Crippen LogP contribution is 2.12. The predicted molar refractivity (Wildman–Crippen MR) is 85.4 cm³/mol. The average Bonchev–Trinajstić information content (AvgIpc) is 2.50. The Balaban J connectivity index is 2.09. The number of nitrogens with zero attached hydrogens (tertiary/aromatic N) is 1. The molecule has 1 rings (SSSR count). The summed E-state index contributed by atoms with van der Waals surface area (Å²) in [5.74, 6) is 0.830. The molecule has 0 aliphatic carbocycles. The standard InChI is InChI=1S/C18H27NO2/c1-3-4-5-6-7-16(2)20-14-15-21-18-10-8-17(9-11-18)12-13-19/h8-11,16H,3-7,12,14-15H2,1-2H3. The monoisotopic (exact) mass is 289 g/mol. The molecule has 0 spiro atoms. The number of ether oxygens (including phenoxy) is 2. The van der Waals surface area contributed by atoms with Gasteiger partial charge >= 0.3 is 0 Å². The van der Waals surface area contributed by atoms with E-state index in [2.05, 4.69) is 19.9 Å². The van der Waals surface area contributed by atoms with Gasteiger partial charge in [0.25, 0.3) is 0 Å². The molecule has 0 N–H and O–H groups in total. The molecule has 3 nitrogen and oxygen atoms in total. The Kier molecular flexibility index (Phi) is 9.32. The van der Waals surface area contributed by atoms with E-state index in [1.807, 2.05) is 24.3 Å². The fourth-order valence-corrected chi connectivity index (χ4v) is 2.15. The molecule has 1 unspecified atom stereocenters. The van der Waals surface area contributed by atoms with Crippen molar-refractivity contribution in [2.45, 2.75) is 58.5 Å². The molecule has 0 aliphatic heterocycles. The van der Waals surface area contributed by atoms with Gasteiger partial charge in [-0.25, -0.2) is 0 Å². The highest BCUT2D eigenvalue weighted by molar-refractivity contribution is 5.28. The van der Waals surface area contributed by atoms with Crippen molar-refractivity contribution >= 4 is 0 Å². The molecule has 1 atom stereocenters. The van der Waals surface area contributed by atoms with E-state index in [4.69, 9.17) is 14.7 Å². The molecule has 0 bridgehead atoms. The summed E-state index contributed by atoms with van der Waals surface area (Å²) in [5.41, 5.74) is 1.02. The van der Waals surface area contributed by atoms with E-state index in [9.17, 15) is 0 Å². The van der Waals surface area contributed by atoms with Crippen molar-refractivity contribution in [3.05, 3.63) is 29.8 Å². The van der Waals surface area contributed by atoms with Crippen molar-refractivity contribution in [1.29, 1.82) is 5.26 Å². The molecule has 1 aromatic rings. The van der Waals surface area contributed by atoms with Crippen molar-refractivity contribution in [3.8, 4) is 11.8 Å². The molecular formula is C18H27NO2. The third-order valence-electron chi connectivity index (χ3n) is 3.43. The molecule has 0 heterocycles. The first kappa shape index (κ1) is 17.5. The lowest BCUT2D eigenvalue weighted by atomic mass is 10.1. The van der Waals surface area contributed by atoms with Crippen LogP contribution < -0.4 is 4.74 Å². The van der Waals surface area contributed by atoms with Gasteiger partial charge in [0, 0.05) is 0 Å². The molecule has 0 aliphatic rings. The Hall–Kier alpha value is -1.53. The number of hydrogen-bond donors (Lipinski definition) is 0. The highest BCUT2D eigenvalue weighted by atomic mass is 16.5. The zero-order valence-electron chi connectivity index (χ0n) is 13.3. The maximum absolute atomic E-state index is 8.61. The normalized spacial score (nSPS) is 11.9. The minimum absolute atomic E-state index is 0.309. The summed E-state index contributed by atoms with van der Waals surface area (Å²) < 4.78 is 11.4. The summed E-state index contributed by atoms with van der Waals surface area (Å²) in [5, 5.41) is 8.61. The van der Waals surface area contributed by atoms with E-state index in [1.165, 1.54) is 25.7 Å². The van der Waals surface area contributed by atoms with Crippen LogP contribution in [0.15, 0.2) is 24.3 Å². The summed E-state index contributed by atoms with van der Waals surface area (Å²) in [6.45, 7) is 5.54. The molecule has 0 fully saturated rings. The predicted octanol–water partition coefficient (Wildman–Crippen LogP) is 4.51. The van der Waals surface area contributed by atoms with Gasteiger partial charge in [-0.2, -0.15) is 5.26 Å². The first-order valence-corrected chi connectivity index (χ1v) is 7.96. The summed E-state index contributed by atoms with van der Waals surface area (Å²) >= 11 is 0. The van der Waals surface area contributed by atoms with Crippen LogP contribution in [0, 0.1) is 11.3 Å². The second kappa shape index (κ2) is 11.2. The van der Waals surface area contributed by atoms with Gasteiger partial charge in [-0.15, -0.1) is 0 Å². The SMILES string of the molecule is CCCCCCC(C)OCCOc1ccc(CC#N)cc1. The van der Waals surface area contributed by atoms with Crippen LogP contribution in [-0.4, -0.2) is 19.3 Å². The fraction of sp³-hybridized carbons (Fsp3) is 0.611. The Bertz CT molecular complexity index is 408. The molecular weight excluding hydrogens is 262 g/mol. The third-order valence-corrected chi connectivity index (χ3v) is 3.43. The van der Waals surface area contributed by atoms with Gasteiger partial charge < -0.3 is 9.47 Å². The number of nitriles is 1. The van der Waals surface area contributed by atoms with Crippen LogP contribution in [0.25, 0.3) is 0 Å². The van der Waals surface area contributed by atoms with Crippen LogP contribution >= 0.6 is 0 Å². The molecule has 0 amide bonds. The lowest BCUT2D eigenvalue weighted by Gasteiger charge is -2.13. The first-order chi connectivity index (χ1) is 10.3. The Morgan fingerprint density at radius 1 is 1.10 bits per heavy atom. The number of hydrogen-bond acceptors (Lipinski definition) is 3. The summed E-state index contributed by atoms with van der Waals surface area (Å²) in [6.07, 6.45) is 7.02. The lowest BCUT2D eigenvalue weighted by Crippen LogP contribution is -2.14. The third kappa shape index (κ3) is 8.37. The fourth-order valence-electron chi connectivity index (χ4n) is 2.15. The van der Waals surface area contributed by atoms with Gasteiger partial charge in [0.1, 0.15) is 12.4 Å². The molecule has 116 valence electrons. The summed E-state index contributed by atoms with van der Waals surface area (Å²) in [7, 11) is 0. The highest BCUT2D eigenvalue weighted by Gasteiger charge is 2.02. The minimum Gasteiger partial charge on any atom is -0.491 e. The maximum atomic E-state index is 8.61. The largest absolute Gasteiger partial charge is 0.491 e. The summed E-state index contributed by atoms with van der Waals surface area (Å²) in [6, 6.07) is 9.79. The Labute approximate surface area is 128 Å². The van der Waals surface area contributed by atoms with E-state index >= 15 is 0 Å². The number of rotatable bonds is 11. The van der Waals surface area contributed by atoms with Crippen molar-refractivity contribution in [2.24, 2.45) is 0 Å². The lowest BCUT2D eigenvalue weighted by molar-refractivity contribution is 0.0384. The van der Waals surface area contributed by atoms with E-state index in [1.54, 1.807) is 0 Å². The molecule has 3 heteroatoms. The van der Waals surface area contributed by atoms with E-state index in [-0.39, 0.29) is 0 Å². The van der Waals surface area contributed by atoms with Crippen molar-refractivity contribution < 1.29 is 9.47 Å². The molecule has 0 radical (unpaired) electrons. The molecule has 1 aromatic carbocycles. The first-order valence-electron chi connectivity index (χ1n) is 7.96. The van der Waals surface area contributed by atoms with E-state index in [0.717, 1.165) is 17.7 Å². The number of unbranched alkanes of at least 4 members (excludes halogenated alkanes) is 3. The Morgan fingerprint density at radius 3 is 2.52 bits per heavy atom. The second-order valence-electron chi connectivity index (χ2n) is 5.36. The number of benzene rings is 1. The minimum atomic E-state index is 0.309. The maximum Gasteiger partial charge on any atom is 0.119 e. The van der Waals surface area contributed by atoms with Crippen LogP contribution in [0.2, 0.25) is 0 Å². The van der Waals surface area contributed by atoms with Crippen LogP contribution in [-0.2, 0) is 11.2 Å². The van der Waals surface area contributed by atoms with Gasteiger partial charge in [0.2, 0.25) is 0 Å². The van der Waals surface area contributed by atoms with Gasteiger partial charge in [-0.05, 0) is 31.0 Å². The zero-order valence-corrected chi connectivity index (χ0v) is 13.3. The zero-order chi connectivity index (χ0) is 15.3. The van der Waals surface area contributed by atoms with Crippen LogP contribution in [0.3, 0.4) is 0 Å². The van der Waals surface area contributed by atoms with Crippen molar-refractivity contribution in [3.63, 3.8) is 0 Å². The molecule has 0 saturated heterocycles. The van der Waals surface area contributed by atoms with Crippen LogP contribution in [0.4, 0.5) is 0 Å². The second-order valence-corrected chi connectivity index (χ2v) is 5.36. The van der Waals surface area contributed by atoms with E-state index in [0.29, 0.717) is 25.7 Å².